The number of carbonyl (C=O) groups is 1. The Kier molecular flexibility index (Phi) is 2.97. The predicted octanol–water partition coefficient (Wildman–Crippen LogP) is 2.99. The zero-order chi connectivity index (χ0) is 13.7. The monoisotopic (exact) mass is 272 g/mol. The second-order valence-corrected chi connectivity index (χ2v) is 7.38. The van der Waals surface area contributed by atoms with E-state index in [2.05, 4.69) is 4.98 Å². The van der Waals surface area contributed by atoms with Crippen molar-refractivity contribution in [1.29, 1.82) is 0 Å². The zero-order valence-corrected chi connectivity index (χ0v) is 12.3. The number of carbonyl (C=O) groups excluding carboxylic acids is 1. The van der Waals surface area contributed by atoms with E-state index >= 15 is 0 Å². The fraction of sp³-hybridized carbons (Fsp3) is 0.765. The van der Waals surface area contributed by atoms with Crippen LogP contribution in [0.2, 0.25) is 0 Å². The Morgan fingerprint density at radius 1 is 1.20 bits per heavy atom. The molecule has 5 rings (SSSR count). The van der Waals surface area contributed by atoms with Gasteiger partial charge in [0, 0.05) is 38.2 Å². The molecule has 0 N–H and O–H groups in total. The van der Waals surface area contributed by atoms with Crippen molar-refractivity contribution in [1.82, 2.24) is 9.55 Å². The number of nitrogens with zero attached hydrogens (tertiary/aromatic N) is 2. The van der Waals surface area contributed by atoms with E-state index in [1.54, 1.807) is 0 Å². The molecule has 1 aromatic rings. The number of Topliss-reactive ketones (excluding diaryl/α,β-unsaturated/α-hetero) is 1. The molecule has 3 heteroatoms. The van der Waals surface area contributed by atoms with Gasteiger partial charge in [0.25, 0.3) is 0 Å². The first-order chi connectivity index (χ1) is 9.70. The molecule has 4 saturated carbocycles. The van der Waals surface area contributed by atoms with Crippen molar-refractivity contribution in [2.75, 3.05) is 0 Å². The van der Waals surface area contributed by atoms with Crippen molar-refractivity contribution in [2.24, 2.45) is 36.6 Å². The second kappa shape index (κ2) is 4.71. The third-order valence-electron chi connectivity index (χ3n) is 6.11. The average Bonchev–Trinajstić information content (AvgIpc) is 2.80. The molecule has 0 amide bonds. The van der Waals surface area contributed by atoms with Crippen LogP contribution in [-0.2, 0) is 18.3 Å². The molecule has 1 aromatic heterocycles. The third-order valence-corrected chi connectivity index (χ3v) is 6.11. The highest BCUT2D eigenvalue weighted by molar-refractivity contribution is 5.82. The van der Waals surface area contributed by atoms with Crippen molar-refractivity contribution in [3.8, 4) is 0 Å². The van der Waals surface area contributed by atoms with Crippen LogP contribution in [0.15, 0.2) is 12.4 Å². The molecule has 0 aliphatic heterocycles. The summed E-state index contributed by atoms with van der Waals surface area (Å²) in [5.41, 5.74) is 0. The van der Waals surface area contributed by atoms with Crippen LogP contribution in [0.3, 0.4) is 0 Å². The van der Waals surface area contributed by atoms with Gasteiger partial charge in [0.1, 0.15) is 11.6 Å². The molecular formula is C17H24N2O. The fourth-order valence-electron chi connectivity index (χ4n) is 5.49. The van der Waals surface area contributed by atoms with Gasteiger partial charge in [-0.25, -0.2) is 4.98 Å². The van der Waals surface area contributed by atoms with E-state index in [1.165, 1.54) is 32.1 Å². The van der Waals surface area contributed by atoms with E-state index in [-0.39, 0.29) is 0 Å². The molecule has 20 heavy (non-hydrogen) atoms. The molecule has 0 radical (unpaired) electrons. The van der Waals surface area contributed by atoms with E-state index in [9.17, 15) is 4.79 Å². The zero-order valence-electron chi connectivity index (χ0n) is 12.3. The van der Waals surface area contributed by atoms with Gasteiger partial charge in [-0.3, -0.25) is 4.79 Å². The van der Waals surface area contributed by atoms with Gasteiger partial charge >= 0.3 is 0 Å². The smallest absolute Gasteiger partial charge is 0.136 e. The topological polar surface area (TPSA) is 34.9 Å². The standard InChI is InChI=1S/C17H24N2O/c1-19-5-4-18-16(19)3-2-15(20)17-13-7-11-6-12(9-13)10-14(17)8-11/h4-5,11-14,17H,2-3,6-10H2,1H3. The third kappa shape index (κ3) is 2.02. The van der Waals surface area contributed by atoms with Gasteiger partial charge in [-0.05, 0) is 55.8 Å². The minimum absolute atomic E-state index is 0.392. The van der Waals surface area contributed by atoms with Gasteiger partial charge < -0.3 is 4.57 Å². The Morgan fingerprint density at radius 3 is 2.40 bits per heavy atom. The van der Waals surface area contributed by atoms with Crippen LogP contribution in [0.1, 0.15) is 44.3 Å². The summed E-state index contributed by atoms with van der Waals surface area (Å²) in [7, 11) is 2.01. The number of ketones is 1. The molecule has 4 aliphatic rings. The van der Waals surface area contributed by atoms with Crippen LogP contribution >= 0.6 is 0 Å². The van der Waals surface area contributed by atoms with E-state index < -0.39 is 0 Å². The highest BCUT2D eigenvalue weighted by atomic mass is 16.1. The minimum Gasteiger partial charge on any atom is -0.338 e. The van der Waals surface area contributed by atoms with Crippen LogP contribution in [0.4, 0.5) is 0 Å². The molecule has 3 nitrogen and oxygen atoms in total. The summed E-state index contributed by atoms with van der Waals surface area (Å²) < 4.78 is 2.03. The first kappa shape index (κ1) is 12.6. The molecule has 108 valence electrons. The van der Waals surface area contributed by atoms with Crippen molar-refractivity contribution in [2.45, 2.75) is 44.9 Å². The summed E-state index contributed by atoms with van der Waals surface area (Å²) in [6, 6.07) is 0. The van der Waals surface area contributed by atoms with Crippen molar-refractivity contribution in [3.63, 3.8) is 0 Å². The summed E-state index contributed by atoms with van der Waals surface area (Å²) >= 11 is 0. The van der Waals surface area contributed by atoms with Crippen molar-refractivity contribution in [3.05, 3.63) is 18.2 Å². The maximum Gasteiger partial charge on any atom is 0.136 e. The molecule has 0 saturated heterocycles. The number of aromatic nitrogens is 2. The Labute approximate surface area is 120 Å². The predicted molar refractivity (Wildman–Crippen MR) is 77.1 cm³/mol. The molecule has 0 spiro atoms. The van der Waals surface area contributed by atoms with E-state index in [1.807, 2.05) is 24.0 Å². The largest absolute Gasteiger partial charge is 0.338 e. The maximum atomic E-state index is 12.7. The Bertz CT molecular complexity index is 491. The summed E-state index contributed by atoms with van der Waals surface area (Å²) in [6.45, 7) is 0. The highest BCUT2D eigenvalue weighted by Gasteiger charge is 2.50. The van der Waals surface area contributed by atoms with E-state index in [0.29, 0.717) is 18.1 Å². The van der Waals surface area contributed by atoms with Crippen LogP contribution in [0, 0.1) is 29.6 Å². The SMILES string of the molecule is Cn1ccnc1CCC(=O)C1C2CC3CC(C2)CC1C3. The Morgan fingerprint density at radius 2 is 1.85 bits per heavy atom. The summed E-state index contributed by atoms with van der Waals surface area (Å²) in [4.78, 5) is 17.0. The first-order valence-corrected chi connectivity index (χ1v) is 8.19. The molecule has 0 atom stereocenters. The van der Waals surface area contributed by atoms with Gasteiger partial charge in [0.2, 0.25) is 0 Å². The first-order valence-electron chi connectivity index (χ1n) is 8.19. The lowest BCUT2D eigenvalue weighted by molar-refractivity contribution is -0.135. The average molecular weight is 272 g/mol. The lowest BCUT2D eigenvalue weighted by atomic mass is 9.51. The lowest BCUT2D eigenvalue weighted by Gasteiger charge is -2.53. The molecular weight excluding hydrogens is 248 g/mol. The number of rotatable bonds is 4. The molecule has 4 aliphatic carbocycles. The number of hydrogen-bond donors (Lipinski definition) is 0. The molecule has 4 fully saturated rings. The Balaban J connectivity index is 1.43. The van der Waals surface area contributed by atoms with Gasteiger partial charge in [-0.2, -0.15) is 0 Å². The Hall–Kier alpha value is -1.12. The number of hydrogen-bond acceptors (Lipinski definition) is 2. The fourth-order valence-corrected chi connectivity index (χ4v) is 5.49. The molecule has 4 bridgehead atoms. The van der Waals surface area contributed by atoms with Crippen molar-refractivity contribution < 1.29 is 4.79 Å². The van der Waals surface area contributed by atoms with Crippen LogP contribution in [0.25, 0.3) is 0 Å². The molecule has 0 unspecified atom stereocenters. The van der Waals surface area contributed by atoms with Crippen molar-refractivity contribution >= 4 is 5.78 Å². The summed E-state index contributed by atoms with van der Waals surface area (Å²) in [5, 5.41) is 0. The highest BCUT2D eigenvalue weighted by Crippen LogP contribution is 2.56. The quantitative estimate of drug-likeness (QED) is 0.844. The van der Waals surface area contributed by atoms with Gasteiger partial charge in [0.15, 0.2) is 0 Å². The lowest BCUT2D eigenvalue weighted by Crippen LogP contribution is -2.48. The molecule has 1 heterocycles. The van der Waals surface area contributed by atoms with E-state index in [0.717, 1.165) is 35.9 Å². The molecule has 0 aromatic carbocycles. The normalized spacial score (nSPS) is 38.4. The van der Waals surface area contributed by atoms with Gasteiger partial charge in [-0.15, -0.1) is 0 Å². The van der Waals surface area contributed by atoms with Gasteiger partial charge in [0.05, 0.1) is 0 Å². The summed E-state index contributed by atoms with van der Waals surface area (Å²) in [6.07, 6.45) is 12.1. The van der Waals surface area contributed by atoms with Crippen LogP contribution < -0.4 is 0 Å². The summed E-state index contributed by atoms with van der Waals surface area (Å²) in [5.74, 6) is 5.32. The maximum absolute atomic E-state index is 12.7. The van der Waals surface area contributed by atoms with Crippen LogP contribution in [-0.4, -0.2) is 15.3 Å². The van der Waals surface area contributed by atoms with E-state index in [4.69, 9.17) is 0 Å². The number of imidazole rings is 1. The second-order valence-electron chi connectivity index (χ2n) is 7.38. The minimum atomic E-state index is 0.392. The number of aryl methyl sites for hydroxylation is 2. The van der Waals surface area contributed by atoms with Gasteiger partial charge in [-0.1, -0.05) is 0 Å². The van der Waals surface area contributed by atoms with Crippen LogP contribution in [0.5, 0.6) is 0 Å².